The molecule has 6 nitrogen and oxygen atoms in total. The van der Waals surface area contributed by atoms with Gasteiger partial charge in [0.2, 0.25) is 5.82 Å². The molecule has 2 heterocycles. The fraction of sp³-hybridized carbons (Fsp3) is 0.500. The Bertz CT molecular complexity index is 780. The fourth-order valence-corrected chi connectivity index (χ4v) is 3.55. The predicted octanol–water partition coefficient (Wildman–Crippen LogP) is 2.62. The molecule has 1 aromatic heterocycles. The highest BCUT2D eigenvalue weighted by Gasteiger charge is 2.33. The minimum absolute atomic E-state index is 0.111. The first-order valence-electron chi connectivity index (χ1n) is 8.85. The first-order chi connectivity index (χ1) is 12.1. The molecule has 1 amide bonds. The number of nitrogens with one attached hydrogen (secondary N) is 1. The largest absolute Gasteiger partial charge is 0.336 e. The lowest BCUT2D eigenvalue weighted by molar-refractivity contribution is 0.0691. The number of carbonyl (C=O) groups is 1. The van der Waals surface area contributed by atoms with Crippen molar-refractivity contribution in [3.05, 3.63) is 40.9 Å². The summed E-state index contributed by atoms with van der Waals surface area (Å²) in [6.07, 6.45) is 4.09. The van der Waals surface area contributed by atoms with E-state index in [0.717, 1.165) is 50.3 Å². The number of para-hydroxylation sites is 1. The molecule has 25 heavy (non-hydrogen) atoms. The number of hydrogen-bond acceptors (Lipinski definition) is 4. The van der Waals surface area contributed by atoms with Gasteiger partial charge in [-0.3, -0.25) is 4.79 Å². The summed E-state index contributed by atoms with van der Waals surface area (Å²) in [7, 11) is 1.85. The summed E-state index contributed by atoms with van der Waals surface area (Å²) in [5.74, 6) is 1.37. The summed E-state index contributed by atoms with van der Waals surface area (Å²) in [6.45, 7) is 1.88. The predicted molar refractivity (Wildman–Crippen MR) is 96.3 cm³/mol. The van der Waals surface area contributed by atoms with Gasteiger partial charge in [-0.25, -0.2) is 9.67 Å². The molecule has 1 aromatic carbocycles. The normalized spacial score (nSPS) is 18.3. The maximum absolute atomic E-state index is 12.9. The molecule has 0 atom stereocenters. The Labute approximate surface area is 152 Å². The van der Waals surface area contributed by atoms with Gasteiger partial charge in [-0.1, -0.05) is 23.7 Å². The van der Waals surface area contributed by atoms with E-state index in [0.29, 0.717) is 10.9 Å². The van der Waals surface area contributed by atoms with Gasteiger partial charge in [-0.15, -0.1) is 5.10 Å². The first kappa shape index (κ1) is 16.5. The van der Waals surface area contributed by atoms with Crippen LogP contribution in [0.25, 0.3) is 5.69 Å². The van der Waals surface area contributed by atoms with Crippen LogP contribution in [-0.2, 0) is 0 Å². The molecule has 2 aromatic rings. The second-order valence-corrected chi connectivity index (χ2v) is 7.24. The second kappa shape index (κ2) is 6.77. The van der Waals surface area contributed by atoms with Crippen molar-refractivity contribution in [3.63, 3.8) is 0 Å². The van der Waals surface area contributed by atoms with Crippen molar-refractivity contribution < 1.29 is 4.79 Å². The average Bonchev–Trinajstić information content (AvgIpc) is 3.40. The molecule has 2 fully saturated rings. The van der Waals surface area contributed by atoms with E-state index in [-0.39, 0.29) is 17.8 Å². The van der Waals surface area contributed by atoms with Crippen molar-refractivity contribution in [3.8, 4) is 5.69 Å². The van der Waals surface area contributed by atoms with Crippen molar-refractivity contribution in [2.75, 3.05) is 20.1 Å². The van der Waals surface area contributed by atoms with Gasteiger partial charge in [0.25, 0.3) is 5.91 Å². The number of carbonyl (C=O) groups excluding carboxylic acids is 1. The van der Waals surface area contributed by atoms with Crippen LogP contribution in [0.3, 0.4) is 0 Å². The van der Waals surface area contributed by atoms with Crippen molar-refractivity contribution in [1.82, 2.24) is 25.0 Å². The van der Waals surface area contributed by atoms with Crippen LogP contribution in [-0.4, -0.2) is 51.8 Å². The van der Waals surface area contributed by atoms with Crippen LogP contribution in [0.4, 0.5) is 0 Å². The highest BCUT2D eigenvalue weighted by atomic mass is 35.5. The van der Waals surface area contributed by atoms with Gasteiger partial charge in [0.1, 0.15) is 5.82 Å². The quantitative estimate of drug-likeness (QED) is 0.911. The second-order valence-electron chi connectivity index (χ2n) is 6.83. The molecule has 1 saturated carbocycles. The van der Waals surface area contributed by atoms with E-state index >= 15 is 0 Å². The van der Waals surface area contributed by atoms with Crippen LogP contribution in [0.15, 0.2) is 24.3 Å². The smallest absolute Gasteiger partial charge is 0.293 e. The molecular weight excluding hydrogens is 338 g/mol. The Balaban J connectivity index is 1.65. The van der Waals surface area contributed by atoms with E-state index in [4.69, 9.17) is 11.6 Å². The summed E-state index contributed by atoms with van der Waals surface area (Å²) >= 11 is 6.34. The molecule has 1 aliphatic heterocycles. The summed E-state index contributed by atoms with van der Waals surface area (Å²) < 4.78 is 1.75. The molecule has 1 N–H and O–H groups in total. The number of hydrogen-bond donors (Lipinski definition) is 1. The zero-order valence-electron chi connectivity index (χ0n) is 14.3. The molecule has 0 radical (unpaired) electrons. The molecular formula is C18H22ClN5O. The maximum Gasteiger partial charge on any atom is 0.293 e. The van der Waals surface area contributed by atoms with Crippen LogP contribution in [0.5, 0.6) is 0 Å². The van der Waals surface area contributed by atoms with E-state index in [9.17, 15) is 4.79 Å². The summed E-state index contributed by atoms with van der Waals surface area (Å²) in [6, 6.07) is 7.79. The number of piperidine rings is 1. The van der Waals surface area contributed by atoms with E-state index in [1.54, 1.807) is 9.58 Å². The maximum atomic E-state index is 12.9. The Morgan fingerprint density at radius 3 is 2.64 bits per heavy atom. The van der Waals surface area contributed by atoms with Crippen LogP contribution in [0.2, 0.25) is 5.02 Å². The molecule has 7 heteroatoms. The molecule has 0 spiro atoms. The number of nitrogens with zero attached hydrogens (tertiary/aromatic N) is 4. The zero-order valence-corrected chi connectivity index (χ0v) is 15.0. The monoisotopic (exact) mass is 359 g/mol. The highest BCUT2D eigenvalue weighted by molar-refractivity contribution is 6.32. The van der Waals surface area contributed by atoms with Gasteiger partial charge in [-0.2, -0.15) is 0 Å². The third-order valence-electron chi connectivity index (χ3n) is 5.02. The Kier molecular flexibility index (Phi) is 4.48. The Morgan fingerprint density at radius 2 is 1.96 bits per heavy atom. The van der Waals surface area contributed by atoms with Gasteiger partial charge in [-0.05, 0) is 50.9 Å². The van der Waals surface area contributed by atoms with Crippen molar-refractivity contribution in [2.45, 2.75) is 37.6 Å². The van der Waals surface area contributed by atoms with Crippen LogP contribution in [0, 0.1) is 0 Å². The fourth-order valence-electron chi connectivity index (χ4n) is 3.34. The molecule has 1 saturated heterocycles. The lowest BCUT2D eigenvalue weighted by Gasteiger charge is -2.30. The summed E-state index contributed by atoms with van der Waals surface area (Å²) in [5, 5.41) is 8.47. The SMILES string of the molecule is CN(C(=O)c1nc(C2CC2)n(-c2ccccc2Cl)n1)C1CCNCC1. The lowest BCUT2D eigenvalue weighted by atomic mass is 10.1. The summed E-state index contributed by atoms with van der Waals surface area (Å²) in [5.41, 5.74) is 0.780. The highest BCUT2D eigenvalue weighted by Crippen LogP contribution is 2.40. The van der Waals surface area contributed by atoms with Gasteiger partial charge >= 0.3 is 0 Å². The van der Waals surface area contributed by atoms with Crippen molar-refractivity contribution >= 4 is 17.5 Å². The zero-order chi connectivity index (χ0) is 17.4. The molecule has 2 aliphatic rings. The molecule has 0 bridgehead atoms. The van der Waals surface area contributed by atoms with E-state index in [1.807, 2.05) is 31.3 Å². The number of amides is 1. The van der Waals surface area contributed by atoms with Gasteiger partial charge in [0.05, 0.1) is 10.7 Å². The minimum atomic E-state index is -0.111. The average molecular weight is 360 g/mol. The number of benzene rings is 1. The molecule has 132 valence electrons. The number of halogens is 1. The van der Waals surface area contributed by atoms with Gasteiger partial charge in [0.15, 0.2) is 0 Å². The summed E-state index contributed by atoms with van der Waals surface area (Å²) in [4.78, 5) is 19.3. The van der Waals surface area contributed by atoms with E-state index < -0.39 is 0 Å². The third kappa shape index (κ3) is 3.28. The Morgan fingerprint density at radius 1 is 1.24 bits per heavy atom. The number of aromatic nitrogens is 3. The standard InChI is InChI=1S/C18H22ClN5O/c1-23(13-8-10-20-11-9-13)18(25)16-21-17(12-6-7-12)24(22-16)15-5-3-2-4-14(15)19/h2-5,12-13,20H,6-11H2,1H3. The number of rotatable bonds is 4. The van der Waals surface area contributed by atoms with Crippen LogP contribution >= 0.6 is 11.6 Å². The van der Waals surface area contributed by atoms with Gasteiger partial charge in [0, 0.05) is 19.0 Å². The van der Waals surface area contributed by atoms with Crippen LogP contribution < -0.4 is 5.32 Å². The minimum Gasteiger partial charge on any atom is -0.336 e. The lowest BCUT2D eigenvalue weighted by Crippen LogP contribution is -2.44. The first-order valence-corrected chi connectivity index (χ1v) is 9.22. The van der Waals surface area contributed by atoms with Crippen LogP contribution in [0.1, 0.15) is 48.0 Å². The van der Waals surface area contributed by atoms with E-state index in [1.165, 1.54) is 0 Å². The van der Waals surface area contributed by atoms with Crippen molar-refractivity contribution in [2.24, 2.45) is 0 Å². The molecule has 0 unspecified atom stereocenters. The molecule has 4 rings (SSSR count). The van der Waals surface area contributed by atoms with Gasteiger partial charge < -0.3 is 10.2 Å². The Hall–Kier alpha value is -1.92. The topological polar surface area (TPSA) is 63.1 Å². The third-order valence-corrected chi connectivity index (χ3v) is 5.34. The van der Waals surface area contributed by atoms with E-state index in [2.05, 4.69) is 15.4 Å². The molecule has 1 aliphatic carbocycles. The van der Waals surface area contributed by atoms with Crippen molar-refractivity contribution in [1.29, 1.82) is 0 Å².